The van der Waals surface area contributed by atoms with E-state index in [1.54, 1.807) is 12.1 Å². The summed E-state index contributed by atoms with van der Waals surface area (Å²) in [5, 5.41) is 10.5. The van der Waals surface area contributed by atoms with Crippen LogP contribution in [0, 0.1) is 5.82 Å². The van der Waals surface area contributed by atoms with Crippen LogP contribution in [0.25, 0.3) is 22.3 Å². The van der Waals surface area contributed by atoms with Gasteiger partial charge >= 0.3 is 0 Å². The van der Waals surface area contributed by atoms with Crippen LogP contribution < -0.4 is 5.32 Å². The van der Waals surface area contributed by atoms with E-state index in [9.17, 15) is 4.39 Å². The van der Waals surface area contributed by atoms with Crippen molar-refractivity contribution in [1.82, 2.24) is 20.2 Å². The molecule has 0 saturated carbocycles. The van der Waals surface area contributed by atoms with E-state index in [0.717, 1.165) is 5.56 Å². The Labute approximate surface area is 141 Å². The van der Waals surface area contributed by atoms with E-state index in [4.69, 9.17) is 11.6 Å². The number of hydrogen-bond donors (Lipinski definition) is 2. The molecule has 2 heterocycles. The zero-order valence-corrected chi connectivity index (χ0v) is 13.0. The topological polar surface area (TPSA) is 66.5 Å². The zero-order chi connectivity index (χ0) is 16.5. The molecule has 0 bridgehead atoms. The van der Waals surface area contributed by atoms with Gasteiger partial charge in [0.15, 0.2) is 5.82 Å². The lowest BCUT2D eigenvalue weighted by molar-refractivity contribution is 0.628. The average Bonchev–Trinajstić information content (AvgIpc) is 3.01. The lowest BCUT2D eigenvalue weighted by Gasteiger charge is -2.06. The Hall–Kier alpha value is -2.99. The zero-order valence-electron chi connectivity index (χ0n) is 12.3. The summed E-state index contributed by atoms with van der Waals surface area (Å²) in [7, 11) is 0. The molecule has 0 radical (unpaired) electrons. The van der Waals surface area contributed by atoms with Crippen LogP contribution in [0.4, 0.5) is 15.9 Å². The third-order valence-electron chi connectivity index (χ3n) is 3.54. The van der Waals surface area contributed by atoms with Gasteiger partial charge in [0.2, 0.25) is 5.28 Å². The first kappa shape index (κ1) is 14.6. The van der Waals surface area contributed by atoms with Gasteiger partial charge in [-0.3, -0.25) is 5.10 Å². The number of aromatic amines is 1. The van der Waals surface area contributed by atoms with Gasteiger partial charge < -0.3 is 5.32 Å². The highest BCUT2D eigenvalue weighted by Gasteiger charge is 2.15. The molecule has 4 aromatic rings. The number of anilines is 2. The summed E-state index contributed by atoms with van der Waals surface area (Å²) in [6.45, 7) is 0. The molecule has 2 aromatic carbocycles. The largest absolute Gasteiger partial charge is 0.338 e. The number of benzene rings is 2. The van der Waals surface area contributed by atoms with Gasteiger partial charge in [-0.25, -0.2) is 9.37 Å². The van der Waals surface area contributed by atoms with Crippen molar-refractivity contribution in [2.75, 3.05) is 5.32 Å². The first-order chi connectivity index (χ1) is 11.7. The minimum absolute atomic E-state index is 0.102. The van der Waals surface area contributed by atoms with E-state index in [2.05, 4.69) is 25.5 Å². The molecular weight excluding hydrogens is 329 g/mol. The number of halogens is 2. The highest BCUT2D eigenvalue weighted by atomic mass is 35.5. The Bertz CT molecular complexity index is 999. The molecule has 2 aromatic heterocycles. The van der Waals surface area contributed by atoms with Crippen molar-refractivity contribution in [1.29, 1.82) is 0 Å². The second kappa shape index (κ2) is 5.90. The summed E-state index contributed by atoms with van der Waals surface area (Å²) >= 11 is 6.07. The molecule has 0 atom stereocenters. The fourth-order valence-corrected chi connectivity index (χ4v) is 2.60. The van der Waals surface area contributed by atoms with Crippen LogP contribution in [-0.4, -0.2) is 20.2 Å². The monoisotopic (exact) mass is 339 g/mol. The van der Waals surface area contributed by atoms with Crippen LogP contribution in [0.5, 0.6) is 0 Å². The normalized spacial score (nSPS) is 10.9. The summed E-state index contributed by atoms with van der Waals surface area (Å²) in [5.74, 6) is 0.172. The van der Waals surface area contributed by atoms with E-state index in [0.29, 0.717) is 28.2 Å². The molecule has 118 valence electrons. The SMILES string of the molecule is Fc1ccc(Nc2nc(Cl)nc3c(-c4ccccc4)n[nH]c23)cc1. The van der Waals surface area contributed by atoms with Crippen molar-refractivity contribution in [2.24, 2.45) is 0 Å². The smallest absolute Gasteiger partial charge is 0.225 e. The Morgan fingerprint density at radius 3 is 2.46 bits per heavy atom. The Balaban J connectivity index is 1.82. The third kappa shape index (κ3) is 2.68. The summed E-state index contributed by atoms with van der Waals surface area (Å²) < 4.78 is 13.0. The molecule has 4 rings (SSSR count). The molecule has 2 N–H and O–H groups in total. The standard InChI is InChI=1S/C17H11ClFN5/c18-17-21-14-13(10-4-2-1-3-5-10)23-24-15(14)16(22-17)20-12-8-6-11(19)7-9-12/h1-9H,(H,23,24)(H,20,21,22). The molecule has 0 saturated heterocycles. The quantitative estimate of drug-likeness (QED) is 0.537. The number of nitrogens with one attached hydrogen (secondary N) is 2. The number of H-pyrrole nitrogens is 1. The maximum Gasteiger partial charge on any atom is 0.225 e. The summed E-state index contributed by atoms with van der Waals surface area (Å²) in [6.07, 6.45) is 0. The number of hydrogen-bond acceptors (Lipinski definition) is 4. The third-order valence-corrected chi connectivity index (χ3v) is 3.71. The predicted molar refractivity (Wildman–Crippen MR) is 91.8 cm³/mol. The Kier molecular flexibility index (Phi) is 3.59. The first-order valence-corrected chi connectivity index (χ1v) is 7.58. The van der Waals surface area contributed by atoms with Crippen molar-refractivity contribution in [3.63, 3.8) is 0 Å². The van der Waals surface area contributed by atoms with E-state index in [1.807, 2.05) is 30.3 Å². The van der Waals surface area contributed by atoms with Crippen LogP contribution in [0.1, 0.15) is 0 Å². The van der Waals surface area contributed by atoms with Gasteiger partial charge in [-0.1, -0.05) is 30.3 Å². The summed E-state index contributed by atoms with van der Waals surface area (Å²) in [5.41, 5.74) is 3.54. The van der Waals surface area contributed by atoms with Gasteiger partial charge in [-0.05, 0) is 35.9 Å². The fourth-order valence-electron chi connectivity index (χ4n) is 2.43. The summed E-state index contributed by atoms with van der Waals surface area (Å²) in [4.78, 5) is 8.49. The number of nitrogens with zero attached hydrogens (tertiary/aromatic N) is 3. The molecule has 0 amide bonds. The molecule has 0 aliphatic rings. The van der Waals surface area contributed by atoms with Crippen LogP contribution in [0.15, 0.2) is 54.6 Å². The molecular formula is C17H11ClFN5. The predicted octanol–water partition coefficient (Wildman–Crippen LogP) is 4.56. The lowest BCUT2D eigenvalue weighted by Crippen LogP contribution is -1.97. The van der Waals surface area contributed by atoms with E-state index < -0.39 is 0 Å². The van der Waals surface area contributed by atoms with Crippen LogP contribution in [0.2, 0.25) is 5.28 Å². The maximum absolute atomic E-state index is 13.0. The van der Waals surface area contributed by atoms with Crippen LogP contribution in [-0.2, 0) is 0 Å². The van der Waals surface area contributed by atoms with Gasteiger partial charge in [0, 0.05) is 11.3 Å². The molecule has 0 aliphatic heterocycles. The van der Waals surface area contributed by atoms with Gasteiger partial charge in [0.25, 0.3) is 0 Å². The van der Waals surface area contributed by atoms with Gasteiger partial charge in [-0.15, -0.1) is 0 Å². The molecule has 7 heteroatoms. The number of rotatable bonds is 3. The van der Waals surface area contributed by atoms with Crippen LogP contribution >= 0.6 is 11.6 Å². The Morgan fingerprint density at radius 2 is 1.71 bits per heavy atom. The van der Waals surface area contributed by atoms with E-state index in [-0.39, 0.29) is 11.1 Å². The lowest BCUT2D eigenvalue weighted by atomic mass is 10.1. The molecule has 0 unspecified atom stereocenters. The Morgan fingerprint density at radius 1 is 0.958 bits per heavy atom. The fraction of sp³-hybridized carbons (Fsp3) is 0. The van der Waals surface area contributed by atoms with Crippen molar-refractivity contribution < 1.29 is 4.39 Å². The maximum atomic E-state index is 13.0. The van der Waals surface area contributed by atoms with E-state index in [1.165, 1.54) is 12.1 Å². The van der Waals surface area contributed by atoms with Crippen LogP contribution in [0.3, 0.4) is 0 Å². The van der Waals surface area contributed by atoms with E-state index >= 15 is 0 Å². The molecule has 0 aliphatic carbocycles. The molecule has 24 heavy (non-hydrogen) atoms. The van der Waals surface area contributed by atoms with Crippen molar-refractivity contribution in [3.8, 4) is 11.3 Å². The van der Waals surface area contributed by atoms with Crippen molar-refractivity contribution in [3.05, 3.63) is 65.7 Å². The van der Waals surface area contributed by atoms with Gasteiger partial charge in [-0.2, -0.15) is 10.1 Å². The number of aromatic nitrogens is 4. The molecule has 5 nitrogen and oxygen atoms in total. The number of fused-ring (bicyclic) bond motifs is 1. The minimum Gasteiger partial charge on any atom is -0.338 e. The first-order valence-electron chi connectivity index (χ1n) is 7.20. The highest BCUT2D eigenvalue weighted by Crippen LogP contribution is 2.30. The summed E-state index contributed by atoms with van der Waals surface area (Å²) in [6, 6.07) is 15.6. The minimum atomic E-state index is -0.306. The van der Waals surface area contributed by atoms with Gasteiger partial charge in [0.05, 0.1) is 0 Å². The highest BCUT2D eigenvalue weighted by molar-refractivity contribution is 6.29. The van der Waals surface area contributed by atoms with Gasteiger partial charge in [0.1, 0.15) is 22.5 Å². The molecule has 0 fully saturated rings. The second-order valence-corrected chi connectivity index (χ2v) is 5.47. The molecule has 0 spiro atoms. The second-order valence-electron chi connectivity index (χ2n) is 5.13. The average molecular weight is 340 g/mol. The van der Waals surface area contributed by atoms with Crippen molar-refractivity contribution in [2.45, 2.75) is 0 Å². The van der Waals surface area contributed by atoms with Crippen molar-refractivity contribution >= 4 is 34.1 Å².